The van der Waals surface area contributed by atoms with Crippen molar-refractivity contribution < 1.29 is 4.74 Å². The predicted octanol–water partition coefficient (Wildman–Crippen LogP) is 4.29. The molecular formula is C13H23BrO. The van der Waals surface area contributed by atoms with Gasteiger partial charge in [0.25, 0.3) is 0 Å². The van der Waals surface area contributed by atoms with Gasteiger partial charge in [-0.25, -0.2) is 0 Å². The van der Waals surface area contributed by atoms with Crippen LogP contribution in [0.25, 0.3) is 0 Å². The van der Waals surface area contributed by atoms with Gasteiger partial charge in [0.2, 0.25) is 0 Å². The van der Waals surface area contributed by atoms with Gasteiger partial charge in [-0.05, 0) is 38.0 Å². The molecule has 0 radical (unpaired) electrons. The van der Waals surface area contributed by atoms with E-state index in [1.807, 2.05) is 0 Å². The zero-order chi connectivity index (χ0) is 10.7. The first kappa shape index (κ1) is 11.9. The molecule has 0 N–H and O–H groups in total. The smallest absolute Gasteiger partial charge is 0.0782 e. The minimum Gasteiger partial charge on any atom is -0.371 e. The van der Waals surface area contributed by atoms with Crippen molar-refractivity contribution in [2.24, 2.45) is 5.92 Å². The third-order valence-electron chi connectivity index (χ3n) is 4.24. The maximum Gasteiger partial charge on any atom is 0.0782 e. The Hall–Kier alpha value is 0.440. The molecule has 88 valence electrons. The quantitative estimate of drug-likeness (QED) is 0.680. The van der Waals surface area contributed by atoms with Crippen molar-refractivity contribution in [3.8, 4) is 0 Å². The molecule has 0 aromatic heterocycles. The molecule has 2 heteroatoms. The van der Waals surface area contributed by atoms with Gasteiger partial charge in [0.1, 0.15) is 0 Å². The van der Waals surface area contributed by atoms with Crippen LogP contribution in [0, 0.1) is 5.92 Å². The fraction of sp³-hybridized carbons (Fsp3) is 1.00. The number of hydrogen-bond acceptors (Lipinski definition) is 1. The molecule has 2 aliphatic rings. The fourth-order valence-electron chi connectivity index (χ4n) is 2.95. The van der Waals surface area contributed by atoms with Crippen LogP contribution in [-0.4, -0.2) is 17.0 Å². The summed E-state index contributed by atoms with van der Waals surface area (Å²) in [4.78, 5) is 0. The lowest BCUT2D eigenvalue weighted by molar-refractivity contribution is -0.112. The molecule has 15 heavy (non-hydrogen) atoms. The molecule has 0 aromatic rings. The SMILES string of the molecule is CCC(OC1(CBr)CCCC1)C1CCC1. The van der Waals surface area contributed by atoms with Crippen LogP contribution < -0.4 is 0 Å². The summed E-state index contributed by atoms with van der Waals surface area (Å²) in [7, 11) is 0. The Kier molecular flexibility index (Phi) is 4.11. The van der Waals surface area contributed by atoms with Crippen LogP contribution in [0.5, 0.6) is 0 Å². The van der Waals surface area contributed by atoms with Crippen molar-refractivity contribution in [2.45, 2.75) is 70.0 Å². The van der Waals surface area contributed by atoms with Gasteiger partial charge in [-0.15, -0.1) is 0 Å². The van der Waals surface area contributed by atoms with E-state index < -0.39 is 0 Å². The van der Waals surface area contributed by atoms with Crippen LogP contribution in [0.2, 0.25) is 0 Å². The molecule has 2 fully saturated rings. The lowest BCUT2D eigenvalue weighted by Gasteiger charge is -2.39. The van der Waals surface area contributed by atoms with Crippen LogP contribution in [0.15, 0.2) is 0 Å². The molecule has 0 aromatic carbocycles. The molecular weight excluding hydrogens is 252 g/mol. The van der Waals surface area contributed by atoms with E-state index in [2.05, 4.69) is 22.9 Å². The summed E-state index contributed by atoms with van der Waals surface area (Å²) in [6.45, 7) is 2.28. The summed E-state index contributed by atoms with van der Waals surface area (Å²) < 4.78 is 6.45. The van der Waals surface area contributed by atoms with E-state index in [4.69, 9.17) is 4.74 Å². The zero-order valence-electron chi connectivity index (χ0n) is 9.80. The summed E-state index contributed by atoms with van der Waals surface area (Å²) >= 11 is 3.66. The van der Waals surface area contributed by atoms with Crippen molar-refractivity contribution in [2.75, 3.05) is 5.33 Å². The number of rotatable bonds is 5. The second-order valence-corrected chi connectivity index (χ2v) is 5.84. The fourth-order valence-corrected chi connectivity index (χ4v) is 3.64. The van der Waals surface area contributed by atoms with Crippen molar-refractivity contribution >= 4 is 15.9 Å². The largest absolute Gasteiger partial charge is 0.371 e. The molecule has 0 saturated heterocycles. The summed E-state index contributed by atoms with van der Waals surface area (Å²) in [5, 5.41) is 1.03. The summed E-state index contributed by atoms with van der Waals surface area (Å²) in [5.74, 6) is 0.867. The molecule has 0 spiro atoms. The van der Waals surface area contributed by atoms with E-state index in [0.29, 0.717) is 6.10 Å². The van der Waals surface area contributed by atoms with E-state index in [-0.39, 0.29) is 5.60 Å². The normalized spacial score (nSPS) is 27.6. The van der Waals surface area contributed by atoms with Crippen LogP contribution in [-0.2, 0) is 4.74 Å². The predicted molar refractivity (Wildman–Crippen MR) is 67.5 cm³/mol. The zero-order valence-corrected chi connectivity index (χ0v) is 11.4. The Bertz CT molecular complexity index is 195. The Balaban J connectivity index is 1.91. The van der Waals surface area contributed by atoms with Crippen molar-refractivity contribution in [3.05, 3.63) is 0 Å². The second kappa shape index (κ2) is 5.18. The molecule has 1 nitrogen and oxygen atoms in total. The maximum atomic E-state index is 6.45. The third kappa shape index (κ3) is 2.58. The lowest BCUT2D eigenvalue weighted by atomic mass is 9.80. The van der Waals surface area contributed by atoms with Gasteiger partial charge in [-0.3, -0.25) is 0 Å². The highest BCUT2D eigenvalue weighted by molar-refractivity contribution is 9.09. The van der Waals surface area contributed by atoms with Gasteiger partial charge >= 0.3 is 0 Å². The molecule has 2 rings (SSSR count). The van der Waals surface area contributed by atoms with E-state index >= 15 is 0 Å². The summed E-state index contributed by atoms with van der Waals surface area (Å²) in [6.07, 6.45) is 11.2. The van der Waals surface area contributed by atoms with Gasteiger partial charge in [-0.1, -0.05) is 42.1 Å². The van der Waals surface area contributed by atoms with Gasteiger partial charge < -0.3 is 4.74 Å². The minimum absolute atomic E-state index is 0.191. The van der Waals surface area contributed by atoms with Crippen LogP contribution in [0.3, 0.4) is 0 Å². The molecule has 2 saturated carbocycles. The maximum absolute atomic E-state index is 6.45. The lowest BCUT2D eigenvalue weighted by Crippen LogP contribution is -2.40. The van der Waals surface area contributed by atoms with Gasteiger partial charge in [0.05, 0.1) is 11.7 Å². The first-order valence-electron chi connectivity index (χ1n) is 6.53. The highest BCUT2D eigenvalue weighted by Crippen LogP contribution is 2.40. The molecule has 0 amide bonds. The molecule has 0 bridgehead atoms. The molecule has 0 heterocycles. The molecule has 1 unspecified atom stereocenters. The van der Waals surface area contributed by atoms with Crippen molar-refractivity contribution in [1.82, 2.24) is 0 Å². The van der Waals surface area contributed by atoms with Crippen LogP contribution in [0.1, 0.15) is 58.3 Å². The van der Waals surface area contributed by atoms with Gasteiger partial charge in [0, 0.05) is 5.33 Å². The average Bonchev–Trinajstić information content (AvgIpc) is 2.63. The first-order chi connectivity index (χ1) is 7.29. The van der Waals surface area contributed by atoms with Crippen LogP contribution in [0.4, 0.5) is 0 Å². The minimum atomic E-state index is 0.191. The van der Waals surface area contributed by atoms with E-state index in [0.717, 1.165) is 11.2 Å². The van der Waals surface area contributed by atoms with Gasteiger partial charge in [0.15, 0.2) is 0 Å². The Labute approximate surface area is 102 Å². The Morgan fingerprint density at radius 2 is 1.93 bits per heavy atom. The molecule has 0 aliphatic heterocycles. The highest BCUT2D eigenvalue weighted by Gasteiger charge is 2.38. The molecule has 1 atom stereocenters. The number of halogens is 1. The van der Waals surface area contributed by atoms with Crippen LogP contribution >= 0.6 is 15.9 Å². The number of hydrogen-bond donors (Lipinski definition) is 0. The van der Waals surface area contributed by atoms with Gasteiger partial charge in [-0.2, -0.15) is 0 Å². The van der Waals surface area contributed by atoms with E-state index in [1.165, 1.54) is 51.4 Å². The summed E-state index contributed by atoms with van der Waals surface area (Å²) in [5.41, 5.74) is 0.191. The third-order valence-corrected chi connectivity index (χ3v) is 5.26. The summed E-state index contributed by atoms with van der Waals surface area (Å²) in [6, 6.07) is 0. The van der Waals surface area contributed by atoms with E-state index in [1.54, 1.807) is 0 Å². The monoisotopic (exact) mass is 274 g/mol. The second-order valence-electron chi connectivity index (χ2n) is 5.28. The highest BCUT2D eigenvalue weighted by atomic mass is 79.9. The Morgan fingerprint density at radius 1 is 1.27 bits per heavy atom. The Morgan fingerprint density at radius 3 is 2.33 bits per heavy atom. The van der Waals surface area contributed by atoms with E-state index in [9.17, 15) is 0 Å². The first-order valence-corrected chi connectivity index (χ1v) is 7.65. The van der Waals surface area contributed by atoms with Crippen molar-refractivity contribution in [3.63, 3.8) is 0 Å². The average molecular weight is 275 g/mol. The van der Waals surface area contributed by atoms with Crippen molar-refractivity contribution in [1.29, 1.82) is 0 Å². The number of alkyl halides is 1. The topological polar surface area (TPSA) is 9.23 Å². The standard InChI is InChI=1S/C13H23BrO/c1-2-12(11-6-5-7-11)15-13(10-14)8-3-4-9-13/h11-12H,2-10H2,1H3. The molecule has 2 aliphatic carbocycles. The number of ether oxygens (including phenoxy) is 1.